The van der Waals surface area contributed by atoms with Crippen LogP contribution in [0.3, 0.4) is 0 Å². The summed E-state index contributed by atoms with van der Waals surface area (Å²) >= 11 is 0. The summed E-state index contributed by atoms with van der Waals surface area (Å²) in [5, 5.41) is 17.3. The van der Waals surface area contributed by atoms with E-state index in [9.17, 15) is 4.79 Å². The number of ether oxygens (including phenoxy) is 2. The second kappa shape index (κ2) is 10.5. The van der Waals surface area contributed by atoms with Crippen molar-refractivity contribution in [3.63, 3.8) is 0 Å². The summed E-state index contributed by atoms with van der Waals surface area (Å²) in [5.74, 6) is -1.24. The van der Waals surface area contributed by atoms with Gasteiger partial charge in [0.2, 0.25) is 0 Å². The molecule has 0 rings (SSSR count). The van der Waals surface area contributed by atoms with E-state index in [1.807, 2.05) is 0 Å². The Hall–Kier alpha value is -1.38. The smallest absolute Gasteiger partial charge is 0.346 e. The van der Waals surface area contributed by atoms with Crippen molar-refractivity contribution >= 4 is 5.97 Å². The van der Waals surface area contributed by atoms with Gasteiger partial charge in [-0.05, 0) is 26.3 Å². The van der Waals surface area contributed by atoms with E-state index in [1.165, 1.54) is 18.9 Å². The summed E-state index contributed by atoms with van der Waals surface area (Å²) in [7, 11) is 0. The number of unbranched alkanes of at least 4 members (excludes halogenated alkanes) is 3. The summed E-state index contributed by atoms with van der Waals surface area (Å²) in [6, 6.07) is 1.61. The minimum absolute atomic E-state index is 0.317. The average molecular weight is 269 g/mol. The highest BCUT2D eigenvalue weighted by Crippen LogP contribution is 2.06. The van der Waals surface area contributed by atoms with Gasteiger partial charge < -0.3 is 14.6 Å². The van der Waals surface area contributed by atoms with Gasteiger partial charge in [-0.25, -0.2) is 4.79 Å². The number of aliphatic carboxylic acids is 1. The highest BCUT2D eigenvalue weighted by atomic mass is 16.7. The Kier molecular flexibility index (Phi) is 9.77. The lowest BCUT2D eigenvalue weighted by Crippen LogP contribution is -2.20. The monoisotopic (exact) mass is 269 g/mol. The Labute approximate surface area is 114 Å². The van der Waals surface area contributed by atoms with Crippen LogP contribution < -0.4 is 0 Å². The normalized spacial score (nSPS) is 14.7. The van der Waals surface area contributed by atoms with Crippen LogP contribution in [0.5, 0.6) is 0 Å². The molecule has 0 aliphatic rings. The van der Waals surface area contributed by atoms with Gasteiger partial charge in [0.25, 0.3) is 0 Å². The van der Waals surface area contributed by atoms with E-state index in [1.54, 1.807) is 19.9 Å². The summed E-state index contributed by atoms with van der Waals surface area (Å²) < 4.78 is 10.9. The number of carbonyl (C=O) groups is 1. The first-order valence-corrected chi connectivity index (χ1v) is 6.63. The number of hydrogen-bond acceptors (Lipinski definition) is 4. The molecule has 0 heterocycles. The molecule has 5 heteroatoms. The minimum Gasteiger partial charge on any atom is -0.477 e. The molecule has 0 aromatic carbocycles. The summed E-state index contributed by atoms with van der Waals surface area (Å²) in [4.78, 5) is 10.6. The predicted molar refractivity (Wildman–Crippen MR) is 71.4 cm³/mol. The zero-order valence-electron chi connectivity index (χ0n) is 11.9. The number of hydrogen-bond donors (Lipinski definition) is 1. The maximum atomic E-state index is 10.6. The molecular formula is C14H23NO4. The molecule has 0 aliphatic heterocycles. The molecule has 5 nitrogen and oxygen atoms in total. The van der Waals surface area contributed by atoms with Gasteiger partial charge in [0, 0.05) is 6.61 Å². The quantitative estimate of drug-likeness (QED) is 0.285. The summed E-state index contributed by atoms with van der Waals surface area (Å²) in [6.07, 6.45) is 4.89. The molecule has 0 saturated carbocycles. The van der Waals surface area contributed by atoms with Crippen LogP contribution in [0.1, 0.15) is 46.5 Å². The molecule has 0 amide bonds. The standard InChI is InChI=1S/C14H23NO4/c1-4-5-6-7-8-18-12(3)19-11(2)9-13(10-15)14(16)17/h9,11-12H,4-8H2,1-3H3,(H,16,17). The molecule has 0 aliphatic carbocycles. The highest BCUT2D eigenvalue weighted by Gasteiger charge is 2.11. The Bertz CT molecular complexity index is 333. The van der Waals surface area contributed by atoms with Crippen molar-refractivity contribution in [2.45, 2.75) is 58.8 Å². The molecule has 0 aromatic rings. The lowest BCUT2D eigenvalue weighted by Gasteiger charge is -2.17. The zero-order chi connectivity index (χ0) is 14.7. The Morgan fingerprint density at radius 1 is 1.37 bits per heavy atom. The summed E-state index contributed by atoms with van der Waals surface area (Å²) in [6.45, 7) is 6.21. The highest BCUT2D eigenvalue weighted by molar-refractivity contribution is 5.91. The molecule has 0 radical (unpaired) electrons. The fourth-order valence-corrected chi connectivity index (χ4v) is 1.55. The van der Waals surface area contributed by atoms with Gasteiger partial charge in [-0.15, -0.1) is 0 Å². The SMILES string of the molecule is CCCCCCOC(C)OC(C)C=C(C#N)C(=O)O. The molecule has 0 fully saturated rings. The van der Waals surface area contributed by atoms with Crippen molar-refractivity contribution in [1.82, 2.24) is 0 Å². The maximum absolute atomic E-state index is 10.6. The van der Waals surface area contributed by atoms with Gasteiger partial charge in [-0.2, -0.15) is 5.26 Å². The molecule has 19 heavy (non-hydrogen) atoms. The van der Waals surface area contributed by atoms with Crippen LogP contribution in [0.25, 0.3) is 0 Å². The van der Waals surface area contributed by atoms with E-state index in [0.717, 1.165) is 12.8 Å². The summed E-state index contributed by atoms with van der Waals surface area (Å²) in [5.41, 5.74) is -0.317. The van der Waals surface area contributed by atoms with Gasteiger partial charge in [-0.1, -0.05) is 26.2 Å². The average Bonchev–Trinajstić information content (AvgIpc) is 2.35. The van der Waals surface area contributed by atoms with Crippen LogP contribution in [-0.2, 0) is 14.3 Å². The van der Waals surface area contributed by atoms with Crippen LogP contribution in [-0.4, -0.2) is 30.1 Å². The third kappa shape index (κ3) is 9.23. The topological polar surface area (TPSA) is 79.5 Å². The van der Waals surface area contributed by atoms with E-state index in [0.29, 0.717) is 6.61 Å². The first-order chi connectivity index (χ1) is 9.01. The third-order valence-corrected chi connectivity index (χ3v) is 2.51. The van der Waals surface area contributed by atoms with Gasteiger partial charge in [0.15, 0.2) is 6.29 Å². The fraction of sp³-hybridized carbons (Fsp3) is 0.714. The van der Waals surface area contributed by atoms with E-state index in [-0.39, 0.29) is 5.57 Å². The molecule has 0 aromatic heterocycles. The lowest BCUT2D eigenvalue weighted by molar-refractivity contribution is -0.146. The molecule has 0 bridgehead atoms. The van der Waals surface area contributed by atoms with E-state index >= 15 is 0 Å². The molecule has 0 saturated heterocycles. The molecule has 0 spiro atoms. The van der Waals surface area contributed by atoms with Crippen LogP contribution in [0.15, 0.2) is 11.6 Å². The number of carboxylic acid groups (broad SMARTS) is 1. The molecule has 2 atom stereocenters. The molecule has 1 N–H and O–H groups in total. The third-order valence-electron chi connectivity index (χ3n) is 2.51. The number of nitriles is 1. The van der Waals surface area contributed by atoms with Gasteiger partial charge in [0.1, 0.15) is 11.6 Å². The van der Waals surface area contributed by atoms with Gasteiger partial charge >= 0.3 is 5.97 Å². The Balaban J connectivity index is 3.95. The first-order valence-electron chi connectivity index (χ1n) is 6.63. The Morgan fingerprint density at radius 2 is 2.05 bits per heavy atom. The fourth-order valence-electron chi connectivity index (χ4n) is 1.55. The lowest BCUT2D eigenvalue weighted by atomic mass is 10.2. The van der Waals surface area contributed by atoms with Crippen molar-refractivity contribution in [3.05, 3.63) is 11.6 Å². The van der Waals surface area contributed by atoms with E-state index in [4.69, 9.17) is 19.8 Å². The predicted octanol–water partition coefficient (Wildman–Crippen LogP) is 2.87. The van der Waals surface area contributed by atoms with Gasteiger partial charge in [0.05, 0.1) is 6.10 Å². The van der Waals surface area contributed by atoms with Crippen molar-refractivity contribution in [3.8, 4) is 6.07 Å². The van der Waals surface area contributed by atoms with Crippen molar-refractivity contribution in [2.24, 2.45) is 0 Å². The first kappa shape index (κ1) is 17.6. The minimum atomic E-state index is -1.24. The van der Waals surface area contributed by atoms with Crippen LogP contribution in [0.2, 0.25) is 0 Å². The molecular weight excluding hydrogens is 246 g/mol. The van der Waals surface area contributed by atoms with Crippen LogP contribution in [0, 0.1) is 11.3 Å². The van der Waals surface area contributed by atoms with Crippen molar-refractivity contribution in [2.75, 3.05) is 6.61 Å². The van der Waals surface area contributed by atoms with E-state index < -0.39 is 18.4 Å². The second-order valence-electron chi connectivity index (χ2n) is 4.34. The van der Waals surface area contributed by atoms with Gasteiger partial charge in [-0.3, -0.25) is 0 Å². The van der Waals surface area contributed by atoms with Crippen molar-refractivity contribution in [1.29, 1.82) is 5.26 Å². The number of nitrogens with zero attached hydrogens (tertiary/aromatic N) is 1. The van der Waals surface area contributed by atoms with Crippen LogP contribution >= 0.6 is 0 Å². The zero-order valence-corrected chi connectivity index (χ0v) is 11.9. The van der Waals surface area contributed by atoms with Crippen molar-refractivity contribution < 1.29 is 19.4 Å². The second-order valence-corrected chi connectivity index (χ2v) is 4.34. The van der Waals surface area contributed by atoms with E-state index in [2.05, 4.69) is 6.92 Å². The number of carboxylic acids is 1. The molecule has 108 valence electrons. The van der Waals surface area contributed by atoms with Crippen LogP contribution in [0.4, 0.5) is 0 Å². The number of rotatable bonds is 10. The molecule has 2 unspecified atom stereocenters. The maximum Gasteiger partial charge on any atom is 0.346 e. The largest absolute Gasteiger partial charge is 0.477 e. The Morgan fingerprint density at radius 3 is 2.58 bits per heavy atom.